The van der Waals surface area contributed by atoms with Gasteiger partial charge in [-0.2, -0.15) is 0 Å². The predicted octanol–water partition coefficient (Wildman–Crippen LogP) is 5.09. The van der Waals surface area contributed by atoms with Crippen molar-refractivity contribution in [3.8, 4) is 0 Å². The molecule has 0 N–H and O–H groups in total. The van der Waals surface area contributed by atoms with Gasteiger partial charge in [-0.05, 0) is 50.2 Å². The molecule has 0 amide bonds. The van der Waals surface area contributed by atoms with E-state index in [4.69, 9.17) is 9.47 Å². The van der Waals surface area contributed by atoms with Gasteiger partial charge in [-0.1, -0.05) is 61.4 Å². The monoisotopic (exact) mass is 372 g/mol. The lowest BCUT2D eigenvalue weighted by atomic mass is 9.73. The molecular weight excluding hydrogens is 340 g/mol. The highest BCUT2D eigenvalue weighted by molar-refractivity contribution is 5.98. The zero-order chi connectivity index (χ0) is 20.6. The standard InChI is InChI=1S/C23H32O4/c1-16(13-14-19-17(2)12-9-15-23(19,4)5)10-8-11-18(3)20(21(24)26-6)22(25)27-7/h8,10-14,20H,9,15H2,1-7H3/b10-8+,16-13+,18-11+,19-14+. The molecule has 4 nitrogen and oxygen atoms in total. The molecule has 0 saturated carbocycles. The lowest BCUT2D eigenvalue weighted by Crippen LogP contribution is -2.27. The Hall–Kier alpha value is -2.36. The molecule has 0 spiro atoms. The number of carbonyl (C=O) groups is 2. The minimum Gasteiger partial charge on any atom is -0.468 e. The van der Waals surface area contributed by atoms with Gasteiger partial charge in [-0.3, -0.25) is 9.59 Å². The SMILES string of the molecule is COC(=O)C(C(=O)OC)/C(C)=C/C=C/C(C)=C/C=C1\C(C)=CCCC1(C)C. The molecule has 0 fully saturated rings. The Morgan fingerprint density at radius 2 is 1.70 bits per heavy atom. The van der Waals surface area contributed by atoms with Crippen LogP contribution in [-0.2, 0) is 19.1 Å². The maximum absolute atomic E-state index is 11.8. The summed E-state index contributed by atoms with van der Waals surface area (Å²) in [6.45, 7) is 10.4. The molecule has 0 radical (unpaired) electrons. The summed E-state index contributed by atoms with van der Waals surface area (Å²) in [6.07, 6.45) is 14.4. The van der Waals surface area contributed by atoms with E-state index < -0.39 is 17.9 Å². The highest BCUT2D eigenvalue weighted by Crippen LogP contribution is 2.40. The van der Waals surface area contributed by atoms with Crippen LogP contribution in [0.25, 0.3) is 0 Å². The Kier molecular flexibility index (Phi) is 8.48. The summed E-state index contributed by atoms with van der Waals surface area (Å²) in [5, 5.41) is 0. The minimum atomic E-state index is -1.04. The molecule has 4 heteroatoms. The highest BCUT2D eigenvalue weighted by atomic mass is 16.5. The summed E-state index contributed by atoms with van der Waals surface area (Å²) in [5.41, 5.74) is 4.54. The third kappa shape index (κ3) is 6.38. The first-order chi connectivity index (χ1) is 12.6. The van der Waals surface area contributed by atoms with E-state index >= 15 is 0 Å². The average molecular weight is 373 g/mol. The maximum atomic E-state index is 11.8. The molecule has 148 valence electrons. The molecule has 0 bridgehead atoms. The van der Waals surface area contributed by atoms with Gasteiger partial charge in [0.15, 0.2) is 5.92 Å². The van der Waals surface area contributed by atoms with Crippen molar-refractivity contribution in [2.45, 2.75) is 47.5 Å². The lowest BCUT2D eigenvalue weighted by Gasteiger charge is -2.32. The number of methoxy groups -OCH3 is 2. The van der Waals surface area contributed by atoms with Crippen LogP contribution in [0.3, 0.4) is 0 Å². The van der Waals surface area contributed by atoms with Crippen molar-refractivity contribution in [1.82, 2.24) is 0 Å². The number of hydrogen-bond acceptors (Lipinski definition) is 4. The van der Waals surface area contributed by atoms with Crippen molar-refractivity contribution in [1.29, 1.82) is 0 Å². The largest absolute Gasteiger partial charge is 0.468 e. The molecule has 1 rings (SSSR count). The number of rotatable bonds is 6. The topological polar surface area (TPSA) is 52.6 Å². The molecule has 0 aromatic carbocycles. The summed E-state index contributed by atoms with van der Waals surface area (Å²) >= 11 is 0. The normalized spacial score (nSPS) is 19.4. The van der Waals surface area contributed by atoms with Gasteiger partial charge in [-0.15, -0.1) is 0 Å². The quantitative estimate of drug-likeness (QED) is 0.370. The molecule has 1 aliphatic carbocycles. The van der Waals surface area contributed by atoms with Crippen LogP contribution in [0.1, 0.15) is 47.5 Å². The van der Waals surface area contributed by atoms with Crippen molar-refractivity contribution >= 4 is 11.9 Å². The van der Waals surface area contributed by atoms with Crippen molar-refractivity contribution in [3.63, 3.8) is 0 Å². The number of hydrogen-bond donors (Lipinski definition) is 0. The average Bonchev–Trinajstić information content (AvgIpc) is 2.60. The van der Waals surface area contributed by atoms with E-state index in [2.05, 4.69) is 39.0 Å². The van der Waals surface area contributed by atoms with Crippen LogP contribution in [0.2, 0.25) is 0 Å². The Labute approximate surface area is 163 Å². The summed E-state index contributed by atoms with van der Waals surface area (Å²) < 4.78 is 9.38. The number of allylic oxidation sites excluding steroid dienone is 9. The van der Waals surface area contributed by atoms with Crippen LogP contribution in [0.5, 0.6) is 0 Å². The van der Waals surface area contributed by atoms with Crippen LogP contribution in [-0.4, -0.2) is 26.2 Å². The van der Waals surface area contributed by atoms with E-state index in [1.165, 1.54) is 25.4 Å². The van der Waals surface area contributed by atoms with Crippen LogP contribution in [0, 0.1) is 11.3 Å². The fraction of sp³-hybridized carbons (Fsp3) is 0.478. The Bertz CT molecular complexity index is 699. The fourth-order valence-electron chi connectivity index (χ4n) is 3.21. The van der Waals surface area contributed by atoms with Gasteiger partial charge in [0.05, 0.1) is 14.2 Å². The maximum Gasteiger partial charge on any atom is 0.324 e. The predicted molar refractivity (Wildman–Crippen MR) is 109 cm³/mol. The first kappa shape index (κ1) is 22.7. The summed E-state index contributed by atoms with van der Waals surface area (Å²) in [7, 11) is 2.51. The third-order valence-corrected chi connectivity index (χ3v) is 4.93. The van der Waals surface area contributed by atoms with Crippen molar-refractivity contribution in [3.05, 3.63) is 58.7 Å². The molecule has 0 heterocycles. The molecular formula is C23H32O4. The second kappa shape index (κ2) is 10.1. The van der Waals surface area contributed by atoms with Crippen LogP contribution < -0.4 is 0 Å². The highest BCUT2D eigenvalue weighted by Gasteiger charge is 2.30. The Morgan fingerprint density at radius 3 is 2.22 bits per heavy atom. The van der Waals surface area contributed by atoms with Crippen molar-refractivity contribution < 1.29 is 19.1 Å². The van der Waals surface area contributed by atoms with Gasteiger partial charge < -0.3 is 9.47 Å². The zero-order valence-corrected chi connectivity index (χ0v) is 17.6. The van der Waals surface area contributed by atoms with Gasteiger partial charge in [0, 0.05) is 0 Å². The van der Waals surface area contributed by atoms with Gasteiger partial charge in [0.25, 0.3) is 0 Å². The van der Waals surface area contributed by atoms with Gasteiger partial charge in [0.1, 0.15) is 0 Å². The van der Waals surface area contributed by atoms with Gasteiger partial charge in [-0.25, -0.2) is 0 Å². The summed E-state index contributed by atoms with van der Waals surface area (Å²) in [4.78, 5) is 23.6. The lowest BCUT2D eigenvalue weighted by molar-refractivity contribution is -0.156. The van der Waals surface area contributed by atoms with Crippen molar-refractivity contribution in [2.24, 2.45) is 11.3 Å². The van der Waals surface area contributed by atoms with E-state index in [9.17, 15) is 9.59 Å². The summed E-state index contributed by atoms with van der Waals surface area (Å²) in [6, 6.07) is 0. The van der Waals surface area contributed by atoms with Gasteiger partial charge in [0.2, 0.25) is 0 Å². The number of carbonyl (C=O) groups excluding carboxylic acids is 2. The second-order valence-electron chi connectivity index (χ2n) is 7.55. The molecule has 1 aliphatic rings. The van der Waals surface area contributed by atoms with Crippen molar-refractivity contribution in [2.75, 3.05) is 14.2 Å². The van der Waals surface area contributed by atoms with Crippen LogP contribution >= 0.6 is 0 Å². The Morgan fingerprint density at radius 1 is 1.11 bits per heavy atom. The second-order valence-corrected chi connectivity index (χ2v) is 7.55. The minimum absolute atomic E-state index is 0.185. The van der Waals surface area contributed by atoms with E-state index in [1.54, 1.807) is 13.0 Å². The molecule has 0 aromatic heterocycles. The van der Waals surface area contributed by atoms with E-state index in [1.807, 2.05) is 19.1 Å². The van der Waals surface area contributed by atoms with Crippen LogP contribution in [0.4, 0.5) is 0 Å². The van der Waals surface area contributed by atoms with Gasteiger partial charge >= 0.3 is 11.9 Å². The zero-order valence-electron chi connectivity index (χ0n) is 17.6. The van der Waals surface area contributed by atoms with E-state index in [-0.39, 0.29) is 5.41 Å². The fourth-order valence-corrected chi connectivity index (χ4v) is 3.21. The third-order valence-electron chi connectivity index (χ3n) is 4.93. The number of esters is 2. The first-order valence-electron chi connectivity index (χ1n) is 9.20. The molecule has 0 aliphatic heterocycles. The molecule has 0 aromatic rings. The van der Waals surface area contributed by atoms with E-state index in [0.29, 0.717) is 5.57 Å². The summed E-state index contributed by atoms with van der Waals surface area (Å²) in [5.74, 6) is -2.28. The Balaban J connectivity index is 2.96. The smallest absolute Gasteiger partial charge is 0.324 e. The molecule has 0 saturated heterocycles. The van der Waals surface area contributed by atoms with Crippen LogP contribution in [0.15, 0.2) is 58.7 Å². The van der Waals surface area contributed by atoms with E-state index in [0.717, 1.165) is 18.4 Å². The molecule has 0 atom stereocenters. The number of ether oxygens (including phenoxy) is 2. The molecule has 27 heavy (non-hydrogen) atoms. The molecule has 0 unspecified atom stereocenters. The first-order valence-corrected chi connectivity index (χ1v) is 9.20.